The summed E-state index contributed by atoms with van der Waals surface area (Å²) in [5.41, 5.74) is 4.33. The molecule has 8 heteroatoms. The van der Waals surface area contributed by atoms with Crippen LogP contribution in [0.25, 0.3) is 0 Å². The van der Waals surface area contributed by atoms with E-state index in [4.69, 9.17) is 23.2 Å². The van der Waals surface area contributed by atoms with Gasteiger partial charge in [0, 0.05) is 21.2 Å². The minimum Gasteiger partial charge on any atom is -0.341 e. The van der Waals surface area contributed by atoms with Gasteiger partial charge >= 0.3 is 0 Å². The third-order valence-corrected chi connectivity index (χ3v) is 7.94. The van der Waals surface area contributed by atoms with Crippen molar-refractivity contribution < 1.29 is 13.2 Å². The lowest BCUT2D eigenvalue weighted by Gasteiger charge is -2.24. The molecule has 1 atom stereocenters. The number of carbonyl (C=O) groups excluding carboxylic acids is 1. The zero-order chi connectivity index (χ0) is 26.6. The van der Waals surface area contributed by atoms with Crippen LogP contribution in [0, 0.1) is 6.92 Å². The van der Waals surface area contributed by atoms with E-state index in [0.29, 0.717) is 26.9 Å². The molecule has 37 heavy (non-hydrogen) atoms. The van der Waals surface area contributed by atoms with Crippen molar-refractivity contribution in [3.63, 3.8) is 0 Å². The number of rotatable bonds is 8. The summed E-state index contributed by atoms with van der Waals surface area (Å²) < 4.78 is 26.5. The van der Waals surface area contributed by atoms with E-state index in [0.717, 1.165) is 22.9 Å². The van der Waals surface area contributed by atoms with Crippen LogP contribution in [0.4, 0.5) is 5.69 Å². The molecule has 0 aromatic heterocycles. The van der Waals surface area contributed by atoms with E-state index in [1.807, 2.05) is 61.5 Å². The van der Waals surface area contributed by atoms with E-state index in [9.17, 15) is 13.2 Å². The number of hydrogen-bond donors (Lipinski definition) is 1. The number of carbonyl (C=O) groups is 1. The second-order valence-corrected chi connectivity index (χ2v) is 11.4. The third kappa shape index (κ3) is 6.34. The maximum atomic E-state index is 13.3. The molecule has 1 amide bonds. The molecule has 0 unspecified atom stereocenters. The molecule has 0 saturated carbocycles. The van der Waals surface area contributed by atoms with Crippen LogP contribution in [0.15, 0.2) is 97.1 Å². The molecule has 0 fully saturated rings. The summed E-state index contributed by atoms with van der Waals surface area (Å²) >= 11 is 12.6. The second-order valence-electron chi connectivity index (χ2n) is 8.69. The van der Waals surface area contributed by atoms with Crippen molar-refractivity contribution in [2.75, 3.05) is 10.6 Å². The zero-order valence-corrected chi connectivity index (χ0v) is 22.7. The molecule has 0 aliphatic carbocycles. The largest absolute Gasteiger partial charge is 0.341 e. The molecule has 0 spiro atoms. The fourth-order valence-electron chi connectivity index (χ4n) is 4.12. The monoisotopic (exact) mass is 552 g/mol. The van der Waals surface area contributed by atoms with E-state index in [-0.39, 0.29) is 18.5 Å². The number of nitrogens with zero attached hydrogens (tertiary/aromatic N) is 1. The van der Waals surface area contributed by atoms with Crippen LogP contribution in [0.5, 0.6) is 0 Å². The summed E-state index contributed by atoms with van der Waals surface area (Å²) in [6, 6.07) is 28.8. The number of hydrogen-bond acceptors (Lipinski definition) is 3. The SMILES string of the molecule is Cc1ccccc1[C@H](NC(=O)c1ccc(N(Cc2c(Cl)cccc2Cl)S(C)(=O)=O)cc1)c1ccccc1. The topological polar surface area (TPSA) is 66.5 Å². The number of anilines is 1. The molecule has 0 aliphatic heterocycles. The minimum absolute atomic E-state index is 0.0355. The van der Waals surface area contributed by atoms with Crippen molar-refractivity contribution in [3.05, 3.63) is 135 Å². The summed E-state index contributed by atoms with van der Waals surface area (Å²) in [4.78, 5) is 13.3. The number of nitrogens with one attached hydrogen (secondary N) is 1. The first-order valence-corrected chi connectivity index (χ1v) is 14.2. The Morgan fingerprint density at radius 3 is 2.03 bits per heavy atom. The van der Waals surface area contributed by atoms with E-state index < -0.39 is 10.0 Å². The smallest absolute Gasteiger partial charge is 0.252 e. The van der Waals surface area contributed by atoms with Crippen LogP contribution in [-0.2, 0) is 16.6 Å². The molecule has 0 aliphatic rings. The molecule has 4 aromatic rings. The molecule has 0 saturated heterocycles. The predicted octanol–water partition coefficient (Wildman–Crippen LogP) is 6.79. The van der Waals surface area contributed by atoms with Gasteiger partial charge in [-0.3, -0.25) is 9.10 Å². The van der Waals surface area contributed by atoms with Crippen LogP contribution in [0.1, 0.15) is 38.7 Å². The highest BCUT2D eigenvalue weighted by atomic mass is 35.5. The molecule has 190 valence electrons. The van der Waals surface area contributed by atoms with E-state index in [1.165, 1.54) is 4.31 Å². The summed E-state index contributed by atoms with van der Waals surface area (Å²) in [5.74, 6) is -0.274. The van der Waals surface area contributed by atoms with Crippen molar-refractivity contribution in [1.29, 1.82) is 0 Å². The Balaban J connectivity index is 1.61. The van der Waals surface area contributed by atoms with E-state index in [1.54, 1.807) is 42.5 Å². The van der Waals surface area contributed by atoms with Gasteiger partial charge in [-0.25, -0.2) is 8.42 Å². The maximum absolute atomic E-state index is 13.3. The second kappa shape index (κ2) is 11.4. The third-order valence-electron chi connectivity index (χ3n) is 6.09. The van der Waals surface area contributed by atoms with Gasteiger partial charge in [0.15, 0.2) is 0 Å². The van der Waals surface area contributed by atoms with Gasteiger partial charge in [0.2, 0.25) is 10.0 Å². The van der Waals surface area contributed by atoms with E-state index in [2.05, 4.69) is 5.32 Å². The molecule has 5 nitrogen and oxygen atoms in total. The van der Waals surface area contributed by atoms with Crippen LogP contribution in [0.3, 0.4) is 0 Å². The van der Waals surface area contributed by atoms with E-state index >= 15 is 0 Å². The highest BCUT2D eigenvalue weighted by molar-refractivity contribution is 7.92. The highest BCUT2D eigenvalue weighted by Gasteiger charge is 2.22. The average molecular weight is 554 g/mol. The Bertz CT molecular complexity index is 1490. The van der Waals surface area contributed by atoms with Gasteiger partial charge in [-0.2, -0.15) is 0 Å². The number of sulfonamides is 1. The maximum Gasteiger partial charge on any atom is 0.252 e. The lowest BCUT2D eigenvalue weighted by molar-refractivity contribution is 0.0943. The lowest BCUT2D eigenvalue weighted by Crippen LogP contribution is -2.31. The average Bonchev–Trinajstić information content (AvgIpc) is 2.87. The Hall–Kier alpha value is -3.32. The van der Waals surface area contributed by atoms with Gasteiger partial charge in [-0.05, 0) is 60.0 Å². The van der Waals surface area contributed by atoms with Crippen LogP contribution in [0.2, 0.25) is 10.0 Å². The quantitative estimate of drug-likeness (QED) is 0.261. The summed E-state index contributed by atoms with van der Waals surface area (Å²) in [6.07, 6.45) is 1.12. The molecule has 4 aromatic carbocycles. The molecule has 0 radical (unpaired) electrons. The Morgan fingerprint density at radius 1 is 0.838 bits per heavy atom. The van der Waals surface area contributed by atoms with Gasteiger partial charge in [-0.1, -0.05) is 83.9 Å². The lowest BCUT2D eigenvalue weighted by atomic mass is 9.94. The molecule has 1 N–H and O–H groups in total. The summed E-state index contributed by atoms with van der Waals surface area (Å²) in [7, 11) is -3.66. The number of benzene rings is 4. The number of aryl methyl sites for hydroxylation is 1. The normalized spacial score (nSPS) is 12.1. The van der Waals surface area contributed by atoms with Crippen molar-refractivity contribution in [1.82, 2.24) is 5.32 Å². The minimum atomic E-state index is -3.66. The first-order chi connectivity index (χ1) is 17.6. The fourth-order valence-corrected chi connectivity index (χ4v) is 5.50. The fraction of sp³-hybridized carbons (Fsp3) is 0.138. The molecule has 4 rings (SSSR count). The van der Waals surface area contributed by atoms with Crippen LogP contribution < -0.4 is 9.62 Å². The first-order valence-electron chi connectivity index (χ1n) is 11.6. The van der Waals surface area contributed by atoms with Gasteiger partial charge < -0.3 is 5.32 Å². The van der Waals surface area contributed by atoms with Gasteiger partial charge in [0.05, 0.1) is 24.5 Å². The summed E-state index contributed by atoms with van der Waals surface area (Å²) in [5, 5.41) is 3.89. The zero-order valence-electron chi connectivity index (χ0n) is 20.4. The van der Waals surface area contributed by atoms with Crippen LogP contribution in [-0.4, -0.2) is 20.6 Å². The highest BCUT2D eigenvalue weighted by Crippen LogP contribution is 2.30. The standard InChI is InChI=1S/C29H26Cl2N2O3S/c1-20-9-6-7-12-24(20)28(21-10-4-3-5-11-21)32-29(34)22-15-17-23(18-16-22)33(37(2,35)36)19-25-26(30)13-8-14-27(25)31/h3-18,28H,19H2,1-2H3,(H,32,34)/t28-/m1/s1. The Morgan fingerprint density at radius 2 is 1.43 bits per heavy atom. The molecule has 0 heterocycles. The number of halogens is 2. The summed E-state index contributed by atoms with van der Waals surface area (Å²) in [6.45, 7) is 1.98. The Labute approximate surface area is 227 Å². The predicted molar refractivity (Wildman–Crippen MR) is 151 cm³/mol. The number of amides is 1. The Kier molecular flexibility index (Phi) is 8.22. The van der Waals surface area contributed by atoms with Crippen molar-refractivity contribution in [2.45, 2.75) is 19.5 Å². The van der Waals surface area contributed by atoms with Gasteiger partial charge in [-0.15, -0.1) is 0 Å². The molecular formula is C29H26Cl2N2O3S. The van der Waals surface area contributed by atoms with Crippen molar-refractivity contribution >= 4 is 44.8 Å². The van der Waals surface area contributed by atoms with Gasteiger partial charge in [0.1, 0.15) is 0 Å². The van der Waals surface area contributed by atoms with Crippen LogP contribution >= 0.6 is 23.2 Å². The van der Waals surface area contributed by atoms with Crippen molar-refractivity contribution in [2.24, 2.45) is 0 Å². The van der Waals surface area contributed by atoms with Gasteiger partial charge in [0.25, 0.3) is 5.91 Å². The molecule has 0 bridgehead atoms. The first kappa shape index (κ1) is 26.7. The van der Waals surface area contributed by atoms with Crippen molar-refractivity contribution in [3.8, 4) is 0 Å². The molecular weight excluding hydrogens is 527 g/mol.